The number of aliphatic carboxylic acids is 1. The van der Waals surface area contributed by atoms with Gasteiger partial charge in [-0.25, -0.2) is 13.2 Å². The van der Waals surface area contributed by atoms with E-state index in [-0.39, 0.29) is 36.7 Å². The summed E-state index contributed by atoms with van der Waals surface area (Å²) in [4.78, 5) is 24.8. The highest BCUT2D eigenvalue weighted by atomic mass is 32.2. The van der Waals surface area contributed by atoms with Crippen LogP contribution in [0.3, 0.4) is 0 Å². The summed E-state index contributed by atoms with van der Waals surface area (Å²) in [6.07, 6.45) is 4.42. The summed E-state index contributed by atoms with van der Waals surface area (Å²) in [6.45, 7) is 0.390. The molecule has 0 saturated heterocycles. The Kier molecular flexibility index (Phi) is 5.16. The molecule has 2 rings (SSSR count). The first-order valence-corrected chi connectivity index (χ1v) is 8.45. The van der Waals surface area contributed by atoms with Gasteiger partial charge in [-0.2, -0.15) is 0 Å². The molecule has 10 heteroatoms. The molecule has 1 unspecified atom stereocenters. The largest absolute Gasteiger partial charge is 0.480 e. The molecule has 23 heavy (non-hydrogen) atoms. The summed E-state index contributed by atoms with van der Waals surface area (Å²) < 4.78 is 31.2. The Morgan fingerprint density at radius 2 is 2.22 bits per heavy atom. The number of carbonyl (C=O) groups excluding carboxylic acids is 1. The summed E-state index contributed by atoms with van der Waals surface area (Å²) in [5.74, 6) is -1.61. The van der Waals surface area contributed by atoms with Crippen LogP contribution in [0.15, 0.2) is 28.3 Å². The zero-order valence-electron chi connectivity index (χ0n) is 12.4. The average Bonchev–Trinajstić information content (AvgIpc) is 2.49. The van der Waals surface area contributed by atoms with Gasteiger partial charge < -0.3 is 20.1 Å². The van der Waals surface area contributed by atoms with Gasteiger partial charge in [0.15, 0.2) is 0 Å². The third-order valence-corrected chi connectivity index (χ3v) is 4.46. The van der Waals surface area contributed by atoms with Crippen LogP contribution in [0.25, 0.3) is 0 Å². The molecule has 2 aliphatic rings. The van der Waals surface area contributed by atoms with Crippen LogP contribution in [0, 0.1) is 0 Å². The van der Waals surface area contributed by atoms with Gasteiger partial charge in [0.25, 0.3) is 15.9 Å². The number of nitrogens with zero attached hydrogens (tertiary/aromatic N) is 2. The molecule has 2 aliphatic heterocycles. The van der Waals surface area contributed by atoms with Crippen LogP contribution in [0.4, 0.5) is 0 Å². The van der Waals surface area contributed by atoms with E-state index in [0.29, 0.717) is 0 Å². The predicted octanol–water partition coefficient (Wildman–Crippen LogP) is -0.910. The molecule has 0 aliphatic carbocycles. The Morgan fingerprint density at radius 1 is 1.48 bits per heavy atom. The molecular formula is C13H17N3O6S. The van der Waals surface area contributed by atoms with Gasteiger partial charge >= 0.3 is 5.97 Å². The first kappa shape index (κ1) is 17.2. The smallest absolute Gasteiger partial charge is 0.326 e. The molecule has 126 valence electrons. The number of rotatable bonds is 6. The van der Waals surface area contributed by atoms with Gasteiger partial charge in [-0.15, -0.1) is 4.40 Å². The van der Waals surface area contributed by atoms with E-state index >= 15 is 0 Å². The first-order valence-electron chi connectivity index (χ1n) is 6.84. The molecule has 1 amide bonds. The highest BCUT2D eigenvalue weighted by Gasteiger charge is 2.26. The minimum Gasteiger partial charge on any atom is -0.480 e. The summed E-state index contributed by atoms with van der Waals surface area (Å²) in [7, 11) is -2.01. The van der Waals surface area contributed by atoms with Gasteiger partial charge in [-0.05, 0) is 12.2 Å². The highest BCUT2D eigenvalue weighted by Crippen LogP contribution is 2.16. The van der Waals surface area contributed by atoms with Crippen molar-refractivity contribution >= 4 is 27.7 Å². The van der Waals surface area contributed by atoms with Gasteiger partial charge in [-0.1, -0.05) is 0 Å². The van der Waals surface area contributed by atoms with E-state index < -0.39 is 27.9 Å². The van der Waals surface area contributed by atoms with Crippen molar-refractivity contribution in [2.75, 3.05) is 26.0 Å². The minimum atomic E-state index is -3.46. The summed E-state index contributed by atoms with van der Waals surface area (Å²) in [5.41, 5.74) is 0.229. The van der Waals surface area contributed by atoms with Crippen molar-refractivity contribution in [2.24, 2.45) is 4.40 Å². The van der Waals surface area contributed by atoms with Gasteiger partial charge in [-0.3, -0.25) is 4.79 Å². The number of carboxylic acid groups (broad SMARTS) is 1. The van der Waals surface area contributed by atoms with E-state index in [0.717, 1.165) is 0 Å². The second-order valence-corrected chi connectivity index (χ2v) is 6.75. The van der Waals surface area contributed by atoms with E-state index in [4.69, 9.17) is 9.84 Å². The first-order chi connectivity index (χ1) is 10.8. The van der Waals surface area contributed by atoms with E-state index in [9.17, 15) is 18.0 Å². The molecule has 0 aromatic carbocycles. The lowest BCUT2D eigenvalue weighted by atomic mass is 10.1. The van der Waals surface area contributed by atoms with Crippen molar-refractivity contribution in [3.8, 4) is 0 Å². The van der Waals surface area contributed by atoms with Crippen molar-refractivity contribution in [3.05, 3.63) is 23.9 Å². The number of carboxylic acids is 1. The number of methoxy groups -OCH3 is 1. The van der Waals surface area contributed by atoms with Crippen molar-refractivity contribution in [1.82, 2.24) is 10.2 Å². The van der Waals surface area contributed by atoms with Crippen LogP contribution < -0.4 is 5.32 Å². The third-order valence-electron chi connectivity index (χ3n) is 3.30. The van der Waals surface area contributed by atoms with Gasteiger partial charge in [0, 0.05) is 32.9 Å². The number of fused-ring (bicyclic) bond motifs is 1. The number of ether oxygens (including phenoxy) is 1. The average molecular weight is 343 g/mol. The van der Waals surface area contributed by atoms with Crippen LogP contribution in [0.5, 0.6) is 0 Å². The Balaban J connectivity index is 2.08. The second-order valence-electron chi connectivity index (χ2n) is 4.99. The number of amides is 1. The fourth-order valence-electron chi connectivity index (χ4n) is 2.07. The van der Waals surface area contributed by atoms with E-state index in [2.05, 4.69) is 9.71 Å². The molecule has 9 nitrogen and oxygen atoms in total. The van der Waals surface area contributed by atoms with E-state index in [1.54, 1.807) is 4.90 Å². The number of sulfonamides is 1. The van der Waals surface area contributed by atoms with Crippen molar-refractivity contribution in [3.63, 3.8) is 0 Å². The zero-order chi connectivity index (χ0) is 17.0. The maximum atomic E-state index is 12.2. The van der Waals surface area contributed by atoms with Crippen molar-refractivity contribution in [2.45, 2.75) is 12.5 Å². The molecule has 0 saturated carbocycles. The second kappa shape index (κ2) is 6.92. The van der Waals surface area contributed by atoms with Crippen LogP contribution in [0.1, 0.15) is 6.42 Å². The molecule has 2 heterocycles. The van der Waals surface area contributed by atoms with Crippen LogP contribution in [0.2, 0.25) is 0 Å². The van der Waals surface area contributed by atoms with Crippen LogP contribution >= 0.6 is 0 Å². The quantitative estimate of drug-likeness (QED) is 0.639. The van der Waals surface area contributed by atoms with Gasteiger partial charge in [0.1, 0.15) is 11.9 Å². The summed E-state index contributed by atoms with van der Waals surface area (Å²) in [5, 5.41) is 11.5. The van der Waals surface area contributed by atoms with Crippen LogP contribution in [-0.4, -0.2) is 68.2 Å². The normalized spacial score (nSPS) is 20.1. The Labute approximate surface area is 133 Å². The lowest BCUT2D eigenvalue weighted by molar-refractivity contribution is -0.141. The lowest BCUT2D eigenvalue weighted by Gasteiger charge is -2.27. The fraction of sp³-hybridized carbons (Fsp3) is 0.462. The summed E-state index contributed by atoms with van der Waals surface area (Å²) in [6, 6.07) is -1.06. The third kappa shape index (κ3) is 4.39. The molecule has 0 aromatic heterocycles. The number of amidine groups is 1. The fourth-order valence-corrected chi connectivity index (χ4v) is 3.04. The maximum absolute atomic E-state index is 12.2. The Hall–Kier alpha value is -2.20. The molecular weight excluding hydrogens is 326 g/mol. The SMILES string of the molecule is COCCC(NC(=O)C1=CN2CCS(=O)(=O)N=C2C=C1)C(=O)O. The van der Waals surface area contributed by atoms with E-state index in [1.165, 1.54) is 25.5 Å². The molecule has 0 fully saturated rings. The molecule has 0 spiro atoms. The topological polar surface area (TPSA) is 125 Å². The van der Waals surface area contributed by atoms with Crippen LogP contribution in [-0.2, 0) is 24.3 Å². The highest BCUT2D eigenvalue weighted by molar-refractivity contribution is 7.90. The number of nitrogens with one attached hydrogen (secondary N) is 1. The molecule has 0 aromatic rings. The Bertz CT molecular complexity index is 694. The standard InChI is InChI=1S/C13H17N3O6S/c1-22-6-4-10(13(18)19)14-12(17)9-2-3-11-15-23(20,21)7-5-16(11)8-9/h2-3,8,10H,4-7H2,1H3,(H,14,17)(H,18,19). The lowest BCUT2D eigenvalue weighted by Crippen LogP contribution is -2.43. The van der Waals surface area contributed by atoms with Gasteiger partial charge in [0.2, 0.25) is 0 Å². The van der Waals surface area contributed by atoms with Gasteiger partial charge in [0.05, 0.1) is 11.3 Å². The van der Waals surface area contributed by atoms with Crippen molar-refractivity contribution < 1.29 is 27.9 Å². The summed E-state index contributed by atoms with van der Waals surface area (Å²) >= 11 is 0. The number of hydrogen-bond donors (Lipinski definition) is 2. The minimum absolute atomic E-state index is 0.138. The maximum Gasteiger partial charge on any atom is 0.326 e. The Morgan fingerprint density at radius 3 is 2.87 bits per heavy atom. The molecule has 0 bridgehead atoms. The number of carbonyl (C=O) groups is 2. The molecule has 1 atom stereocenters. The predicted molar refractivity (Wildman–Crippen MR) is 81.2 cm³/mol. The number of hydrogen-bond acceptors (Lipinski definition) is 6. The van der Waals surface area contributed by atoms with Crippen molar-refractivity contribution in [1.29, 1.82) is 0 Å². The molecule has 0 radical (unpaired) electrons. The van der Waals surface area contributed by atoms with E-state index in [1.807, 2.05) is 0 Å². The monoisotopic (exact) mass is 343 g/mol. The molecule has 2 N–H and O–H groups in total. The zero-order valence-corrected chi connectivity index (χ0v) is 13.2.